The summed E-state index contributed by atoms with van der Waals surface area (Å²) in [6.07, 6.45) is 5.01. The number of para-hydroxylation sites is 1. The zero-order valence-electron chi connectivity index (χ0n) is 17.4. The van der Waals surface area contributed by atoms with Crippen molar-refractivity contribution in [3.05, 3.63) is 65.7 Å². The Morgan fingerprint density at radius 3 is 2.30 bits per heavy atom. The summed E-state index contributed by atoms with van der Waals surface area (Å²) in [5.74, 6) is -0.599. The molecule has 30 heavy (non-hydrogen) atoms. The van der Waals surface area contributed by atoms with Gasteiger partial charge in [-0.3, -0.25) is 14.4 Å². The van der Waals surface area contributed by atoms with Gasteiger partial charge in [-0.2, -0.15) is 0 Å². The number of amides is 3. The van der Waals surface area contributed by atoms with Gasteiger partial charge in [-0.15, -0.1) is 0 Å². The van der Waals surface area contributed by atoms with Crippen molar-refractivity contribution >= 4 is 23.4 Å². The van der Waals surface area contributed by atoms with Crippen LogP contribution in [0.1, 0.15) is 49.7 Å². The van der Waals surface area contributed by atoms with E-state index in [1.165, 1.54) is 4.90 Å². The second kappa shape index (κ2) is 8.82. The smallest absolute Gasteiger partial charge is 0.257 e. The summed E-state index contributed by atoms with van der Waals surface area (Å²) < 4.78 is 0. The van der Waals surface area contributed by atoms with Crippen LogP contribution in [-0.4, -0.2) is 28.7 Å². The summed E-state index contributed by atoms with van der Waals surface area (Å²) in [7, 11) is 0. The number of rotatable bonds is 5. The zero-order valence-corrected chi connectivity index (χ0v) is 17.4. The lowest BCUT2D eigenvalue weighted by Gasteiger charge is -2.32. The SMILES string of the molecule is Cc1ccc(CN(C(=O)C2CCCCC2)C2CC(=O)N(c3ccccc3)C2=O)cc1. The molecule has 1 aliphatic heterocycles. The van der Waals surface area contributed by atoms with Gasteiger partial charge in [0.15, 0.2) is 0 Å². The summed E-state index contributed by atoms with van der Waals surface area (Å²) in [5.41, 5.74) is 2.69. The second-order valence-corrected chi connectivity index (χ2v) is 8.41. The molecule has 156 valence electrons. The summed E-state index contributed by atoms with van der Waals surface area (Å²) in [5, 5.41) is 0. The molecule has 3 amide bonds. The van der Waals surface area contributed by atoms with Crippen LogP contribution in [0.5, 0.6) is 0 Å². The van der Waals surface area contributed by atoms with Gasteiger partial charge in [-0.25, -0.2) is 4.90 Å². The summed E-state index contributed by atoms with van der Waals surface area (Å²) >= 11 is 0. The van der Waals surface area contributed by atoms with Gasteiger partial charge in [0.2, 0.25) is 11.8 Å². The van der Waals surface area contributed by atoms with Crippen LogP contribution in [0.4, 0.5) is 5.69 Å². The monoisotopic (exact) mass is 404 g/mol. The van der Waals surface area contributed by atoms with E-state index in [-0.39, 0.29) is 30.1 Å². The molecular weight excluding hydrogens is 376 g/mol. The van der Waals surface area contributed by atoms with Crippen LogP contribution in [0.3, 0.4) is 0 Å². The molecule has 0 N–H and O–H groups in total. The quantitative estimate of drug-likeness (QED) is 0.701. The molecule has 5 heteroatoms. The number of imide groups is 1. The van der Waals surface area contributed by atoms with Gasteiger partial charge in [-0.05, 0) is 37.5 Å². The van der Waals surface area contributed by atoms with Crippen molar-refractivity contribution < 1.29 is 14.4 Å². The van der Waals surface area contributed by atoms with Crippen LogP contribution < -0.4 is 4.90 Å². The first-order valence-corrected chi connectivity index (χ1v) is 10.8. The van der Waals surface area contributed by atoms with Gasteiger partial charge in [0, 0.05) is 12.5 Å². The van der Waals surface area contributed by atoms with Gasteiger partial charge in [-0.1, -0.05) is 67.3 Å². The molecule has 0 aromatic heterocycles. The minimum absolute atomic E-state index is 0.0105. The highest BCUT2D eigenvalue weighted by molar-refractivity contribution is 6.23. The Balaban J connectivity index is 1.62. The fourth-order valence-corrected chi connectivity index (χ4v) is 4.52. The lowest BCUT2D eigenvalue weighted by molar-refractivity contribution is -0.143. The highest BCUT2D eigenvalue weighted by Crippen LogP contribution is 2.31. The van der Waals surface area contributed by atoms with Crippen molar-refractivity contribution in [1.82, 2.24) is 4.90 Å². The van der Waals surface area contributed by atoms with Crippen LogP contribution in [0.15, 0.2) is 54.6 Å². The third-order valence-corrected chi connectivity index (χ3v) is 6.22. The maximum Gasteiger partial charge on any atom is 0.257 e. The maximum absolute atomic E-state index is 13.5. The molecule has 4 rings (SSSR count). The van der Waals surface area contributed by atoms with Crippen LogP contribution in [0, 0.1) is 12.8 Å². The van der Waals surface area contributed by atoms with Gasteiger partial charge in [0.25, 0.3) is 5.91 Å². The lowest BCUT2D eigenvalue weighted by atomic mass is 9.87. The number of carbonyl (C=O) groups excluding carboxylic acids is 3. The van der Waals surface area contributed by atoms with E-state index >= 15 is 0 Å². The molecule has 5 nitrogen and oxygen atoms in total. The number of benzene rings is 2. The molecule has 1 heterocycles. The standard InChI is InChI=1S/C25H28N2O3/c1-18-12-14-19(15-13-18)17-26(24(29)20-8-4-2-5-9-20)22-16-23(28)27(25(22)30)21-10-6-3-7-11-21/h3,6-7,10-15,20,22H,2,4-5,8-9,16-17H2,1H3. The Morgan fingerprint density at radius 2 is 1.63 bits per heavy atom. The number of carbonyl (C=O) groups is 3. The molecule has 1 saturated carbocycles. The number of hydrogen-bond donors (Lipinski definition) is 0. The van der Waals surface area contributed by atoms with Crippen LogP contribution in [0.2, 0.25) is 0 Å². The molecular formula is C25H28N2O3. The first-order chi connectivity index (χ1) is 14.5. The first kappa shape index (κ1) is 20.3. The highest BCUT2D eigenvalue weighted by Gasteiger charge is 2.45. The van der Waals surface area contributed by atoms with E-state index < -0.39 is 6.04 Å². The largest absolute Gasteiger partial charge is 0.326 e. The van der Waals surface area contributed by atoms with Crippen molar-refractivity contribution in [2.45, 2.75) is 58.0 Å². The Morgan fingerprint density at radius 1 is 0.967 bits per heavy atom. The average Bonchev–Trinajstić information content (AvgIpc) is 3.07. The Bertz CT molecular complexity index is 917. The molecule has 2 aromatic rings. The van der Waals surface area contributed by atoms with E-state index in [2.05, 4.69) is 0 Å². The van der Waals surface area contributed by atoms with Gasteiger partial charge >= 0.3 is 0 Å². The topological polar surface area (TPSA) is 57.7 Å². The number of nitrogens with zero attached hydrogens (tertiary/aromatic N) is 2. The van der Waals surface area contributed by atoms with Crippen molar-refractivity contribution in [2.75, 3.05) is 4.90 Å². The maximum atomic E-state index is 13.5. The number of hydrogen-bond acceptors (Lipinski definition) is 3. The second-order valence-electron chi connectivity index (χ2n) is 8.41. The van der Waals surface area contributed by atoms with E-state index in [4.69, 9.17) is 0 Å². The third-order valence-electron chi connectivity index (χ3n) is 6.22. The number of aryl methyl sites for hydroxylation is 1. The third kappa shape index (κ3) is 4.16. The highest BCUT2D eigenvalue weighted by atomic mass is 16.2. The van der Waals surface area contributed by atoms with E-state index in [1.54, 1.807) is 29.2 Å². The van der Waals surface area contributed by atoms with Gasteiger partial charge in [0.1, 0.15) is 6.04 Å². The molecule has 1 aliphatic carbocycles. The van der Waals surface area contributed by atoms with Crippen molar-refractivity contribution in [1.29, 1.82) is 0 Å². The van der Waals surface area contributed by atoms with Crippen molar-refractivity contribution in [2.24, 2.45) is 5.92 Å². The predicted octanol–water partition coefficient (Wildman–Crippen LogP) is 4.24. The minimum Gasteiger partial charge on any atom is -0.326 e. The molecule has 0 radical (unpaired) electrons. The fourth-order valence-electron chi connectivity index (χ4n) is 4.52. The Labute approximate surface area is 177 Å². The van der Waals surface area contributed by atoms with Crippen LogP contribution in [0.25, 0.3) is 0 Å². The van der Waals surface area contributed by atoms with E-state index in [0.29, 0.717) is 12.2 Å². The molecule has 2 aromatic carbocycles. The minimum atomic E-state index is -0.742. The van der Waals surface area contributed by atoms with Crippen molar-refractivity contribution in [3.63, 3.8) is 0 Å². The molecule has 2 fully saturated rings. The summed E-state index contributed by atoms with van der Waals surface area (Å²) in [6.45, 7) is 2.37. The summed E-state index contributed by atoms with van der Waals surface area (Å²) in [6, 6.07) is 16.2. The lowest BCUT2D eigenvalue weighted by Crippen LogP contribution is -2.47. The van der Waals surface area contributed by atoms with E-state index in [0.717, 1.165) is 43.2 Å². The van der Waals surface area contributed by atoms with Gasteiger partial charge in [0.05, 0.1) is 12.1 Å². The molecule has 0 bridgehead atoms. The van der Waals surface area contributed by atoms with E-state index in [9.17, 15) is 14.4 Å². The van der Waals surface area contributed by atoms with Crippen LogP contribution in [-0.2, 0) is 20.9 Å². The molecule has 2 aliphatic rings. The average molecular weight is 405 g/mol. The zero-order chi connectivity index (χ0) is 21.1. The summed E-state index contributed by atoms with van der Waals surface area (Å²) in [4.78, 5) is 42.5. The van der Waals surface area contributed by atoms with E-state index in [1.807, 2.05) is 37.3 Å². The molecule has 1 unspecified atom stereocenters. The van der Waals surface area contributed by atoms with Crippen molar-refractivity contribution in [3.8, 4) is 0 Å². The Hall–Kier alpha value is -2.95. The van der Waals surface area contributed by atoms with Gasteiger partial charge < -0.3 is 4.90 Å². The fraction of sp³-hybridized carbons (Fsp3) is 0.400. The predicted molar refractivity (Wildman–Crippen MR) is 116 cm³/mol. The number of anilines is 1. The normalized spacial score (nSPS) is 19.9. The first-order valence-electron chi connectivity index (χ1n) is 10.8. The molecule has 0 spiro atoms. The molecule has 1 saturated heterocycles. The van der Waals surface area contributed by atoms with Crippen LogP contribution >= 0.6 is 0 Å². The Kier molecular flexibility index (Phi) is 5.98. The molecule has 1 atom stereocenters.